The molecule has 0 saturated carbocycles. The van der Waals surface area contributed by atoms with E-state index >= 15 is 0 Å². The monoisotopic (exact) mass is 335 g/mol. The highest BCUT2D eigenvalue weighted by atomic mass is 35.5. The molecule has 6 nitrogen and oxygen atoms in total. The molecule has 122 valence electrons. The molecule has 2 saturated heterocycles. The Balaban J connectivity index is 1.54. The third-order valence-electron chi connectivity index (χ3n) is 4.29. The van der Waals surface area contributed by atoms with E-state index in [0.717, 1.165) is 31.6 Å². The van der Waals surface area contributed by atoms with E-state index in [0.29, 0.717) is 36.7 Å². The number of rotatable bonds is 2. The van der Waals surface area contributed by atoms with Gasteiger partial charge in [0, 0.05) is 23.7 Å². The van der Waals surface area contributed by atoms with Crippen LogP contribution in [0.2, 0.25) is 5.02 Å². The quantitative estimate of drug-likeness (QED) is 0.841. The molecule has 2 aliphatic rings. The Morgan fingerprint density at radius 2 is 2.17 bits per heavy atom. The SMILES string of the molecule is Clc1cccc(-c2nnc(N3CCOC4(CCCOC4)C3)o2)c1. The Hall–Kier alpha value is -1.63. The summed E-state index contributed by atoms with van der Waals surface area (Å²) in [5.41, 5.74) is 0.571. The van der Waals surface area contributed by atoms with Gasteiger partial charge < -0.3 is 18.8 Å². The Morgan fingerprint density at radius 1 is 1.22 bits per heavy atom. The molecular weight excluding hydrogens is 318 g/mol. The van der Waals surface area contributed by atoms with Gasteiger partial charge in [0.25, 0.3) is 0 Å². The predicted molar refractivity (Wildman–Crippen MR) is 85.7 cm³/mol. The lowest BCUT2D eigenvalue weighted by molar-refractivity contribution is -0.134. The lowest BCUT2D eigenvalue weighted by atomic mass is 9.94. The third kappa shape index (κ3) is 3.06. The minimum absolute atomic E-state index is 0.249. The maximum atomic E-state index is 6.02. The Bertz CT molecular complexity index is 679. The molecule has 1 aromatic heterocycles. The van der Waals surface area contributed by atoms with Gasteiger partial charge in [0.15, 0.2) is 0 Å². The van der Waals surface area contributed by atoms with E-state index in [9.17, 15) is 0 Å². The maximum Gasteiger partial charge on any atom is 0.318 e. The molecule has 2 aromatic rings. The molecule has 0 N–H and O–H groups in total. The van der Waals surface area contributed by atoms with E-state index in [-0.39, 0.29) is 5.60 Å². The zero-order chi connectivity index (χ0) is 15.7. The van der Waals surface area contributed by atoms with Gasteiger partial charge >= 0.3 is 6.01 Å². The summed E-state index contributed by atoms with van der Waals surface area (Å²) >= 11 is 6.02. The van der Waals surface area contributed by atoms with Gasteiger partial charge in [0.2, 0.25) is 5.89 Å². The van der Waals surface area contributed by atoms with Gasteiger partial charge in [-0.15, -0.1) is 5.10 Å². The second kappa shape index (κ2) is 6.11. The normalized spacial score (nSPS) is 25.0. The molecular formula is C16H18ClN3O3. The highest BCUT2D eigenvalue weighted by molar-refractivity contribution is 6.30. The highest BCUT2D eigenvalue weighted by Gasteiger charge is 2.40. The summed E-state index contributed by atoms with van der Waals surface area (Å²) in [6, 6.07) is 7.92. The number of benzene rings is 1. The molecule has 1 unspecified atom stereocenters. The summed E-state index contributed by atoms with van der Waals surface area (Å²) in [5, 5.41) is 8.99. The number of morpholine rings is 1. The van der Waals surface area contributed by atoms with Crippen molar-refractivity contribution in [1.29, 1.82) is 0 Å². The summed E-state index contributed by atoms with van der Waals surface area (Å²) in [5.74, 6) is 0.475. The van der Waals surface area contributed by atoms with Crippen LogP contribution in [0.5, 0.6) is 0 Å². The topological polar surface area (TPSA) is 60.6 Å². The third-order valence-corrected chi connectivity index (χ3v) is 4.53. The van der Waals surface area contributed by atoms with Gasteiger partial charge in [-0.2, -0.15) is 0 Å². The van der Waals surface area contributed by atoms with Crippen LogP contribution in [0.25, 0.3) is 11.5 Å². The van der Waals surface area contributed by atoms with Crippen LogP contribution >= 0.6 is 11.6 Å². The average Bonchev–Trinajstić information content (AvgIpc) is 3.06. The van der Waals surface area contributed by atoms with Crippen LogP contribution in [0.4, 0.5) is 6.01 Å². The maximum absolute atomic E-state index is 6.02. The molecule has 1 atom stereocenters. The molecule has 2 fully saturated rings. The number of anilines is 1. The van der Waals surface area contributed by atoms with Gasteiger partial charge in [-0.3, -0.25) is 0 Å². The van der Waals surface area contributed by atoms with E-state index < -0.39 is 0 Å². The summed E-state index contributed by atoms with van der Waals surface area (Å²) in [7, 11) is 0. The molecule has 0 amide bonds. The molecule has 7 heteroatoms. The fourth-order valence-corrected chi connectivity index (χ4v) is 3.35. The summed E-state index contributed by atoms with van der Waals surface area (Å²) < 4.78 is 17.4. The first-order valence-electron chi connectivity index (χ1n) is 7.80. The number of hydrogen-bond acceptors (Lipinski definition) is 6. The van der Waals surface area contributed by atoms with Crippen molar-refractivity contribution < 1.29 is 13.9 Å². The molecule has 0 bridgehead atoms. The number of ether oxygens (including phenoxy) is 2. The van der Waals surface area contributed by atoms with Gasteiger partial charge in [0.05, 0.1) is 19.8 Å². The summed E-state index contributed by atoms with van der Waals surface area (Å²) in [4.78, 5) is 2.08. The molecule has 23 heavy (non-hydrogen) atoms. The van der Waals surface area contributed by atoms with Crippen molar-refractivity contribution in [3.63, 3.8) is 0 Å². The van der Waals surface area contributed by atoms with Gasteiger partial charge in [-0.25, -0.2) is 0 Å². The predicted octanol–water partition coefficient (Wildman–Crippen LogP) is 2.78. The van der Waals surface area contributed by atoms with Crippen LogP contribution in [-0.4, -0.2) is 48.7 Å². The van der Waals surface area contributed by atoms with Crippen molar-refractivity contribution in [2.45, 2.75) is 18.4 Å². The Morgan fingerprint density at radius 3 is 3.00 bits per heavy atom. The van der Waals surface area contributed by atoms with E-state index in [1.807, 2.05) is 24.3 Å². The van der Waals surface area contributed by atoms with Crippen LogP contribution in [0.15, 0.2) is 28.7 Å². The molecule has 1 spiro atoms. The lowest BCUT2D eigenvalue weighted by Gasteiger charge is -2.43. The Labute approximate surface area is 139 Å². The first-order valence-corrected chi connectivity index (χ1v) is 8.18. The van der Waals surface area contributed by atoms with Gasteiger partial charge in [-0.1, -0.05) is 22.8 Å². The Kier molecular flexibility index (Phi) is 3.97. The van der Waals surface area contributed by atoms with Crippen LogP contribution in [-0.2, 0) is 9.47 Å². The zero-order valence-electron chi connectivity index (χ0n) is 12.7. The summed E-state index contributed by atoms with van der Waals surface area (Å²) in [6.07, 6.45) is 2.02. The second-order valence-electron chi connectivity index (χ2n) is 6.01. The zero-order valence-corrected chi connectivity index (χ0v) is 13.5. The fourth-order valence-electron chi connectivity index (χ4n) is 3.15. The summed E-state index contributed by atoms with van der Waals surface area (Å²) in [6.45, 7) is 3.52. The second-order valence-corrected chi connectivity index (χ2v) is 6.45. The van der Waals surface area contributed by atoms with Gasteiger partial charge in [0.1, 0.15) is 5.60 Å². The standard InChI is InChI=1S/C16H18ClN3O3/c17-13-4-1-3-12(9-13)14-18-19-15(23-14)20-6-8-22-16(10-20)5-2-7-21-11-16/h1,3-4,9H,2,5-8,10-11H2. The minimum atomic E-state index is -0.249. The van der Waals surface area contributed by atoms with Crippen LogP contribution < -0.4 is 4.90 Å². The van der Waals surface area contributed by atoms with Crippen molar-refractivity contribution in [3.8, 4) is 11.5 Å². The van der Waals surface area contributed by atoms with Crippen molar-refractivity contribution in [2.24, 2.45) is 0 Å². The number of halogens is 1. The van der Waals surface area contributed by atoms with E-state index in [4.69, 9.17) is 25.5 Å². The van der Waals surface area contributed by atoms with Crippen LogP contribution in [0.3, 0.4) is 0 Å². The van der Waals surface area contributed by atoms with E-state index in [1.54, 1.807) is 0 Å². The molecule has 2 aliphatic heterocycles. The molecule has 0 radical (unpaired) electrons. The average molecular weight is 336 g/mol. The molecule has 4 rings (SSSR count). The van der Waals surface area contributed by atoms with Crippen molar-refractivity contribution >= 4 is 17.6 Å². The molecule has 3 heterocycles. The van der Waals surface area contributed by atoms with Crippen LogP contribution in [0.1, 0.15) is 12.8 Å². The molecule has 0 aliphatic carbocycles. The van der Waals surface area contributed by atoms with Gasteiger partial charge in [-0.05, 0) is 31.0 Å². The van der Waals surface area contributed by atoms with Crippen molar-refractivity contribution in [3.05, 3.63) is 29.3 Å². The largest absolute Gasteiger partial charge is 0.403 e. The smallest absolute Gasteiger partial charge is 0.318 e. The van der Waals surface area contributed by atoms with Crippen LogP contribution in [0, 0.1) is 0 Å². The number of hydrogen-bond donors (Lipinski definition) is 0. The lowest BCUT2D eigenvalue weighted by Crippen LogP contribution is -2.56. The number of aromatic nitrogens is 2. The fraction of sp³-hybridized carbons (Fsp3) is 0.500. The van der Waals surface area contributed by atoms with E-state index in [2.05, 4.69) is 15.1 Å². The van der Waals surface area contributed by atoms with E-state index in [1.165, 1.54) is 0 Å². The van der Waals surface area contributed by atoms with Crippen molar-refractivity contribution in [1.82, 2.24) is 10.2 Å². The van der Waals surface area contributed by atoms with Crippen molar-refractivity contribution in [2.75, 3.05) is 37.8 Å². The molecule has 1 aromatic carbocycles. The first-order chi connectivity index (χ1) is 11.2. The minimum Gasteiger partial charge on any atom is -0.403 e. The highest BCUT2D eigenvalue weighted by Crippen LogP contribution is 2.31. The first kappa shape index (κ1) is 14.9. The number of nitrogens with zero attached hydrogens (tertiary/aromatic N) is 3.